The number of fused-ring (bicyclic) bond motifs is 1. The number of aromatic amines is 1. The average Bonchev–Trinajstić information content (AvgIpc) is 2.71. The van der Waals surface area contributed by atoms with Crippen LogP contribution in [-0.4, -0.2) is 27.5 Å². The minimum Gasteiger partial charge on any atom is -0.465 e. The van der Waals surface area contributed by atoms with Crippen LogP contribution in [0.15, 0.2) is 18.5 Å². The molecule has 0 aliphatic heterocycles. The van der Waals surface area contributed by atoms with Gasteiger partial charge < -0.3 is 9.72 Å². The van der Waals surface area contributed by atoms with E-state index in [-0.39, 0.29) is 5.97 Å². The molecule has 0 unspecified atom stereocenters. The Bertz CT molecular complexity index is 554. The second-order valence-corrected chi connectivity index (χ2v) is 4.63. The van der Waals surface area contributed by atoms with Gasteiger partial charge in [0.25, 0.3) is 0 Å². The van der Waals surface area contributed by atoms with Crippen LogP contribution in [0.25, 0.3) is 11.0 Å². The van der Waals surface area contributed by atoms with Crippen molar-refractivity contribution in [3.8, 4) is 0 Å². The fourth-order valence-corrected chi connectivity index (χ4v) is 2.42. The fraction of sp³-hybridized carbons (Fsp3) is 0.462. The van der Waals surface area contributed by atoms with Crippen molar-refractivity contribution < 1.29 is 9.53 Å². The van der Waals surface area contributed by atoms with Crippen LogP contribution in [0.1, 0.15) is 32.0 Å². The van der Waals surface area contributed by atoms with E-state index in [1.54, 1.807) is 12.4 Å². The maximum absolute atomic E-state index is 12.1. The Kier molecular flexibility index (Phi) is 2.54. The molecule has 0 saturated heterocycles. The van der Waals surface area contributed by atoms with E-state index in [0.29, 0.717) is 6.61 Å². The lowest BCUT2D eigenvalue weighted by Crippen LogP contribution is -2.44. The molecule has 1 aliphatic rings. The molecule has 0 bridgehead atoms. The molecule has 2 aromatic rings. The van der Waals surface area contributed by atoms with Crippen LogP contribution in [0, 0.1) is 0 Å². The quantitative estimate of drug-likeness (QED) is 0.839. The Morgan fingerprint density at radius 1 is 1.56 bits per heavy atom. The van der Waals surface area contributed by atoms with Crippen LogP contribution in [0.3, 0.4) is 0 Å². The van der Waals surface area contributed by atoms with Crippen LogP contribution < -0.4 is 0 Å². The Labute approximate surface area is 105 Å². The molecule has 0 radical (unpaired) electrons. The Balaban J connectivity index is 2.03. The van der Waals surface area contributed by atoms with Crippen LogP contribution in [-0.2, 0) is 14.9 Å². The number of rotatable bonds is 3. The summed E-state index contributed by atoms with van der Waals surface area (Å²) in [5.41, 5.74) is 1.15. The fourth-order valence-electron chi connectivity index (χ4n) is 2.42. The monoisotopic (exact) mass is 245 g/mol. The predicted molar refractivity (Wildman–Crippen MR) is 66.1 cm³/mol. The van der Waals surface area contributed by atoms with Crippen molar-refractivity contribution in [2.45, 2.75) is 31.6 Å². The number of nitrogens with zero attached hydrogens (tertiary/aromatic N) is 2. The number of pyridine rings is 1. The molecule has 2 heterocycles. The van der Waals surface area contributed by atoms with Gasteiger partial charge in [-0.1, -0.05) is 6.42 Å². The molecule has 2 aromatic heterocycles. The zero-order valence-electron chi connectivity index (χ0n) is 10.3. The van der Waals surface area contributed by atoms with Gasteiger partial charge in [0.2, 0.25) is 0 Å². The van der Waals surface area contributed by atoms with E-state index >= 15 is 0 Å². The SMILES string of the molecule is CCOC(=O)C1(c2nc3ccncc3[nH]2)CCC1. The lowest BCUT2D eigenvalue weighted by atomic mass is 9.68. The third-order valence-corrected chi connectivity index (χ3v) is 3.61. The summed E-state index contributed by atoms with van der Waals surface area (Å²) in [5.74, 6) is 0.554. The van der Waals surface area contributed by atoms with Crippen LogP contribution >= 0.6 is 0 Å². The van der Waals surface area contributed by atoms with E-state index in [9.17, 15) is 4.79 Å². The summed E-state index contributed by atoms with van der Waals surface area (Å²) in [7, 11) is 0. The summed E-state index contributed by atoms with van der Waals surface area (Å²) in [6.45, 7) is 2.23. The van der Waals surface area contributed by atoms with Crippen LogP contribution in [0.2, 0.25) is 0 Å². The highest BCUT2D eigenvalue weighted by Gasteiger charge is 2.49. The summed E-state index contributed by atoms with van der Waals surface area (Å²) >= 11 is 0. The van der Waals surface area contributed by atoms with Gasteiger partial charge in [-0.25, -0.2) is 4.98 Å². The Morgan fingerprint density at radius 2 is 2.39 bits per heavy atom. The molecular formula is C13H15N3O2. The Hall–Kier alpha value is -1.91. The number of nitrogens with one attached hydrogen (secondary N) is 1. The van der Waals surface area contributed by atoms with Crippen LogP contribution in [0.4, 0.5) is 0 Å². The molecule has 5 heteroatoms. The van der Waals surface area contributed by atoms with E-state index in [2.05, 4.69) is 15.0 Å². The van der Waals surface area contributed by atoms with Crippen molar-refractivity contribution in [1.82, 2.24) is 15.0 Å². The van der Waals surface area contributed by atoms with Crippen molar-refractivity contribution >= 4 is 17.0 Å². The first-order valence-electron chi connectivity index (χ1n) is 6.24. The maximum atomic E-state index is 12.1. The summed E-state index contributed by atoms with van der Waals surface area (Å²) < 4.78 is 5.19. The number of aromatic nitrogens is 3. The first-order valence-corrected chi connectivity index (χ1v) is 6.24. The minimum atomic E-state index is -0.560. The molecule has 94 valence electrons. The van der Waals surface area contributed by atoms with Gasteiger partial charge in [0.15, 0.2) is 0 Å². The molecular weight excluding hydrogens is 230 g/mol. The number of hydrogen-bond donors (Lipinski definition) is 1. The van der Waals surface area contributed by atoms with E-state index in [1.165, 1.54) is 0 Å². The molecule has 1 saturated carbocycles. The number of imidazole rings is 1. The molecule has 3 rings (SSSR count). The summed E-state index contributed by atoms with van der Waals surface area (Å²) in [4.78, 5) is 23.9. The molecule has 1 N–H and O–H groups in total. The lowest BCUT2D eigenvalue weighted by molar-refractivity contribution is -0.154. The highest BCUT2D eigenvalue weighted by atomic mass is 16.5. The first kappa shape index (κ1) is 11.2. The molecule has 1 fully saturated rings. The summed E-state index contributed by atoms with van der Waals surface area (Å²) in [5, 5.41) is 0. The molecule has 0 aromatic carbocycles. The molecule has 0 spiro atoms. The predicted octanol–water partition coefficient (Wildman–Crippen LogP) is 1.94. The minimum absolute atomic E-state index is 0.164. The number of carbonyl (C=O) groups excluding carboxylic acids is 1. The molecule has 0 amide bonds. The molecule has 18 heavy (non-hydrogen) atoms. The van der Waals surface area contributed by atoms with Gasteiger partial charge in [-0.3, -0.25) is 9.78 Å². The number of ether oxygens (including phenoxy) is 1. The topological polar surface area (TPSA) is 67.9 Å². The van der Waals surface area contributed by atoms with Gasteiger partial charge in [0.1, 0.15) is 11.2 Å². The van der Waals surface area contributed by atoms with Crippen molar-refractivity contribution in [2.75, 3.05) is 6.61 Å². The smallest absolute Gasteiger partial charge is 0.319 e. The second-order valence-electron chi connectivity index (χ2n) is 4.63. The third kappa shape index (κ3) is 1.50. The van der Waals surface area contributed by atoms with Gasteiger partial charge in [-0.15, -0.1) is 0 Å². The zero-order valence-corrected chi connectivity index (χ0v) is 10.3. The van der Waals surface area contributed by atoms with Gasteiger partial charge in [0, 0.05) is 6.20 Å². The summed E-state index contributed by atoms with van der Waals surface area (Å²) in [6.07, 6.45) is 6.07. The second kappa shape index (κ2) is 4.08. The van der Waals surface area contributed by atoms with Gasteiger partial charge in [0.05, 0.1) is 23.8 Å². The average molecular weight is 245 g/mol. The molecule has 1 aliphatic carbocycles. The van der Waals surface area contributed by atoms with Gasteiger partial charge in [-0.05, 0) is 25.8 Å². The number of esters is 1. The maximum Gasteiger partial charge on any atom is 0.319 e. The van der Waals surface area contributed by atoms with E-state index in [1.807, 2.05) is 13.0 Å². The number of hydrogen-bond acceptors (Lipinski definition) is 4. The lowest BCUT2D eigenvalue weighted by Gasteiger charge is -2.37. The van der Waals surface area contributed by atoms with Gasteiger partial charge >= 0.3 is 5.97 Å². The van der Waals surface area contributed by atoms with Crippen LogP contribution in [0.5, 0.6) is 0 Å². The first-order chi connectivity index (χ1) is 8.76. The largest absolute Gasteiger partial charge is 0.465 e. The zero-order chi connectivity index (χ0) is 12.6. The highest BCUT2D eigenvalue weighted by Crippen LogP contribution is 2.43. The number of carbonyl (C=O) groups is 1. The standard InChI is InChI=1S/C13H15N3O2/c1-2-18-12(17)13(5-3-6-13)11-15-9-4-7-14-8-10(9)16-11/h4,7-8H,2-3,5-6H2,1H3,(H,15,16). The van der Waals surface area contributed by atoms with Crippen molar-refractivity contribution in [3.63, 3.8) is 0 Å². The number of H-pyrrole nitrogens is 1. The molecule has 5 nitrogen and oxygen atoms in total. The van der Waals surface area contributed by atoms with E-state index < -0.39 is 5.41 Å². The van der Waals surface area contributed by atoms with Crippen molar-refractivity contribution in [2.24, 2.45) is 0 Å². The third-order valence-electron chi connectivity index (χ3n) is 3.61. The highest BCUT2D eigenvalue weighted by molar-refractivity contribution is 5.85. The normalized spacial score (nSPS) is 17.4. The molecule has 0 atom stereocenters. The van der Waals surface area contributed by atoms with E-state index in [4.69, 9.17) is 4.74 Å². The van der Waals surface area contributed by atoms with Gasteiger partial charge in [-0.2, -0.15) is 0 Å². The Morgan fingerprint density at radius 3 is 3.00 bits per heavy atom. The van der Waals surface area contributed by atoms with Crippen molar-refractivity contribution in [3.05, 3.63) is 24.3 Å². The van der Waals surface area contributed by atoms with Crippen molar-refractivity contribution in [1.29, 1.82) is 0 Å². The summed E-state index contributed by atoms with van der Waals surface area (Å²) in [6, 6.07) is 1.84. The van der Waals surface area contributed by atoms with E-state index in [0.717, 1.165) is 36.1 Å².